The Balaban J connectivity index is 2.28. The molecular formula is C10H11F3O2. The van der Waals surface area contributed by atoms with Crippen molar-refractivity contribution in [2.75, 3.05) is 6.61 Å². The lowest BCUT2D eigenvalue weighted by atomic mass is 10.2. The van der Waals surface area contributed by atoms with Crippen molar-refractivity contribution in [2.24, 2.45) is 0 Å². The average Bonchev–Trinajstić information content (AvgIpc) is 2.18. The molecule has 0 amide bonds. The summed E-state index contributed by atoms with van der Waals surface area (Å²) in [6.07, 6.45) is -7.03. The van der Waals surface area contributed by atoms with Crippen LogP contribution in [0.1, 0.15) is 5.56 Å². The van der Waals surface area contributed by atoms with Gasteiger partial charge in [-0.2, -0.15) is 13.2 Å². The van der Waals surface area contributed by atoms with Crippen LogP contribution in [0.15, 0.2) is 30.3 Å². The molecule has 0 fully saturated rings. The first-order chi connectivity index (χ1) is 7.00. The Bertz CT molecular complexity index is 284. The van der Waals surface area contributed by atoms with Gasteiger partial charge in [-0.3, -0.25) is 0 Å². The van der Waals surface area contributed by atoms with Crippen LogP contribution in [-0.4, -0.2) is 24.0 Å². The minimum Gasteiger partial charge on any atom is -0.382 e. The fourth-order valence-corrected chi connectivity index (χ4v) is 0.957. The smallest absolute Gasteiger partial charge is 0.382 e. The van der Waals surface area contributed by atoms with E-state index in [0.29, 0.717) is 0 Å². The van der Waals surface area contributed by atoms with Crippen LogP contribution in [0, 0.1) is 0 Å². The molecule has 0 radical (unpaired) electrons. The molecule has 1 rings (SSSR count). The predicted octanol–water partition coefficient (Wildman–Crippen LogP) is 2.13. The summed E-state index contributed by atoms with van der Waals surface area (Å²) < 4.78 is 40.3. The van der Waals surface area contributed by atoms with Crippen molar-refractivity contribution in [1.29, 1.82) is 0 Å². The van der Waals surface area contributed by atoms with Gasteiger partial charge in [-0.15, -0.1) is 0 Å². The summed E-state index contributed by atoms with van der Waals surface area (Å²) in [6, 6.07) is 8.80. The second kappa shape index (κ2) is 5.14. The second-order valence-corrected chi connectivity index (χ2v) is 3.06. The molecule has 0 aliphatic heterocycles. The van der Waals surface area contributed by atoms with E-state index in [9.17, 15) is 13.2 Å². The van der Waals surface area contributed by atoms with Gasteiger partial charge < -0.3 is 9.84 Å². The van der Waals surface area contributed by atoms with E-state index in [4.69, 9.17) is 9.84 Å². The standard InChI is InChI=1S/C10H11F3O2/c11-10(12,13)9(14)7-15-6-8-4-2-1-3-5-8/h1-5,9,14H,6-7H2/t9-/m0/s1. The van der Waals surface area contributed by atoms with Crippen LogP contribution in [0.25, 0.3) is 0 Å². The summed E-state index contributed by atoms with van der Waals surface area (Å²) in [5.41, 5.74) is 0.770. The summed E-state index contributed by atoms with van der Waals surface area (Å²) in [7, 11) is 0. The van der Waals surface area contributed by atoms with Crippen molar-refractivity contribution < 1.29 is 23.0 Å². The van der Waals surface area contributed by atoms with E-state index in [1.807, 2.05) is 0 Å². The second-order valence-electron chi connectivity index (χ2n) is 3.06. The molecule has 1 atom stereocenters. The number of rotatable bonds is 4. The van der Waals surface area contributed by atoms with Gasteiger partial charge in [-0.05, 0) is 5.56 Å². The molecule has 0 bridgehead atoms. The van der Waals surface area contributed by atoms with Crippen LogP contribution < -0.4 is 0 Å². The van der Waals surface area contributed by atoms with E-state index >= 15 is 0 Å². The van der Waals surface area contributed by atoms with Crippen LogP contribution in [-0.2, 0) is 11.3 Å². The Kier molecular flexibility index (Phi) is 4.11. The highest BCUT2D eigenvalue weighted by Gasteiger charge is 2.38. The average molecular weight is 220 g/mol. The fourth-order valence-electron chi connectivity index (χ4n) is 0.957. The third-order valence-electron chi connectivity index (χ3n) is 1.77. The Labute approximate surface area is 85.3 Å². The number of alkyl halides is 3. The van der Waals surface area contributed by atoms with E-state index in [0.717, 1.165) is 5.56 Å². The highest BCUT2D eigenvalue weighted by molar-refractivity contribution is 5.13. The fraction of sp³-hybridized carbons (Fsp3) is 0.400. The maximum Gasteiger partial charge on any atom is 0.416 e. The highest BCUT2D eigenvalue weighted by Crippen LogP contribution is 2.20. The Morgan fingerprint density at radius 3 is 2.33 bits per heavy atom. The van der Waals surface area contributed by atoms with Gasteiger partial charge in [0.25, 0.3) is 0 Å². The molecule has 1 aromatic carbocycles. The van der Waals surface area contributed by atoms with Crippen molar-refractivity contribution >= 4 is 0 Å². The normalized spacial score (nSPS) is 13.9. The quantitative estimate of drug-likeness (QED) is 0.842. The van der Waals surface area contributed by atoms with Gasteiger partial charge in [0.1, 0.15) is 0 Å². The summed E-state index contributed by atoms with van der Waals surface area (Å²) in [5, 5.41) is 8.61. The lowest BCUT2D eigenvalue weighted by Gasteiger charge is -2.14. The molecule has 1 N–H and O–H groups in total. The van der Waals surface area contributed by atoms with E-state index < -0.39 is 18.9 Å². The predicted molar refractivity (Wildman–Crippen MR) is 48.2 cm³/mol. The summed E-state index contributed by atoms with van der Waals surface area (Å²) >= 11 is 0. The van der Waals surface area contributed by atoms with Gasteiger partial charge in [0.05, 0.1) is 13.2 Å². The van der Waals surface area contributed by atoms with Crippen molar-refractivity contribution in [2.45, 2.75) is 18.9 Å². The number of aliphatic hydroxyl groups is 1. The minimum absolute atomic E-state index is 0.0635. The summed E-state index contributed by atoms with van der Waals surface area (Å²) in [6.45, 7) is -0.674. The zero-order chi connectivity index (χ0) is 11.3. The molecule has 0 aromatic heterocycles. The molecule has 0 heterocycles. The van der Waals surface area contributed by atoms with Crippen LogP contribution in [0.2, 0.25) is 0 Å². The first-order valence-corrected chi connectivity index (χ1v) is 4.36. The van der Waals surface area contributed by atoms with Crippen molar-refractivity contribution in [3.8, 4) is 0 Å². The van der Waals surface area contributed by atoms with Crippen molar-refractivity contribution in [3.63, 3.8) is 0 Å². The SMILES string of the molecule is O[C@@H](COCc1ccccc1)C(F)(F)F. The number of ether oxygens (including phenoxy) is 1. The first kappa shape index (κ1) is 12.0. The number of hydrogen-bond donors (Lipinski definition) is 1. The Morgan fingerprint density at radius 1 is 1.20 bits per heavy atom. The number of halogens is 3. The molecule has 0 unspecified atom stereocenters. The van der Waals surface area contributed by atoms with Gasteiger partial charge in [0, 0.05) is 0 Å². The zero-order valence-corrected chi connectivity index (χ0v) is 7.87. The molecule has 84 valence electrons. The number of aliphatic hydroxyl groups excluding tert-OH is 1. The van der Waals surface area contributed by atoms with Crippen LogP contribution in [0.5, 0.6) is 0 Å². The minimum atomic E-state index is -4.61. The molecule has 0 saturated carbocycles. The lowest BCUT2D eigenvalue weighted by molar-refractivity contribution is -0.218. The van der Waals surface area contributed by atoms with Gasteiger partial charge in [0.15, 0.2) is 6.10 Å². The largest absolute Gasteiger partial charge is 0.416 e. The molecule has 1 aromatic rings. The zero-order valence-electron chi connectivity index (χ0n) is 7.87. The maximum atomic E-state index is 11.8. The van der Waals surface area contributed by atoms with Gasteiger partial charge in [-0.25, -0.2) is 0 Å². The molecular weight excluding hydrogens is 209 g/mol. The molecule has 5 heteroatoms. The van der Waals surface area contributed by atoms with E-state index in [-0.39, 0.29) is 6.61 Å². The van der Waals surface area contributed by atoms with Crippen LogP contribution in [0.4, 0.5) is 13.2 Å². The molecule has 2 nitrogen and oxygen atoms in total. The molecule has 0 saturated heterocycles. The Morgan fingerprint density at radius 2 is 1.80 bits per heavy atom. The number of hydrogen-bond acceptors (Lipinski definition) is 2. The molecule has 0 spiro atoms. The van der Waals surface area contributed by atoms with Gasteiger partial charge >= 0.3 is 6.18 Å². The molecule has 0 aliphatic rings. The monoisotopic (exact) mass is 220 g/mol. The van der Waals surface area contributed by atoms with Crippen LogP contribution in [0.3, 0.4) is 0 Å². The van der Waals surface area contributed by atoms with Crippen LogP contribution >= 0.6 is 0 Å². The molecule has 15 heavy (non-hydrogen) atoms. The third kappa shape index (κ3) is 4.31. The highest BCUT2D eigenvalue weighted by atomic mass is 19.4. The Hall–Kier alpha value is -1.07. The maximum absolute atomic E-state index is 11.8. The summed E-state index contributed by atoms with van der Waals surface area (Å²) in [5.74, 6) is 0. The van der Waals surface area contributed by atoms with E-state index in [2.05, 4.69) is 0 Å². The van der Waals surface area contributed by atoms with Crippen molar-refractivity contribution in [3.05, 3.63) is 35.9 Å². The third-order valence-corrected chi connectivity index (χ3v) is 1.77. The van der Waals surface area contributed by atoms with E-state index in [1.165, 1.54) is 0 Å². The lowest BCUT2D eigenvalue weighted by Crippen LogP contribution is -2.32. The van der Waals surface area contributed by atoms with Gasteiger partial charge in [-0.1, -0.05) is 30.3 Å². The first-order valence-electron chi connectivity index (χ1n) is 4.36. The van der Waals surface area contributed by atoms with Gasteiger partial charge in [0.2, 0.25) is 0 Å². The van der Waals surface area contributed by atoms with Crippen molar-refractivity contribution in [1.82, 2.24) is 0 Å². The molecule has 0 aliphatic carbocycles. The summed E-state index contributed by atoms with van der Waals surface area (Å²) in [4.78, 5) is 0. The number of benzene rings is 1. The topological polar surface area (TPSA) is 29.5 Å². The van der Waals surface area contributed by atoms with E-state index in [1.54, 1.807) is 30.3 Å².